The highest BCUT2D eigenvalue weighted by atomic mass is 32.2. The molecule has 7 heteroatoms. The summed E-state index contributed by atoms with van der Waals surface area (Å²) in [5.74, 6) is 0. The van der Waals surface area contributed by atoms with E-state index in [9.17, 15) is 18.5 Å². The van der Waals surface area contributed by atoms with Gasteiger partial charge in [-0.05, 0) is 34.3 Å². The van der Waals surface area contributed by atoms with Gasteiger partial charge in [-0.3, -0.25) is 0 Å². The summed E-state index contributed by atoms with van der Waals surface area (Å²) in [6.07, 6.45) is 0.243. The molecule has 0 bridgehead atoms. The molecular weight excluding hydrogens is 303 g/mol. The van der Waals surface area contributed by atoms with E-state index in [1.807, 2.05) is 6.07 Å². The quantitative estimate of drug-likeness (QED) is 0.800. The number of hydrogen-bond acceptors (Lipinski definition) is 5. The van der Waals surface area contributed by atoms with Crippen molar-refractivity contribution in [2.24, 2.45) is 0 Å². The van der Waals surface area contributed by atoms with Gasteiger partial charge in [0.25, 0.3) is 0 Å². The number of benzene rings is 2. The van der Waals surface area contributed by atoms with E-state index in [4.69, 9.17) is 4.65 Å². The molecule has 0 radical (unpaired) electrons. The average Bonchev–Trinajstić information content (AvgIpc) is 2.87. The predicted octanol–water partition coefficient (Wildman–Crippen LogP) is 0.390. The Labute approximate surface area is 129 Å². The Balaban J connectivity index is 1.91. The van der Waals surface area contributed by atoms with E-state index >= 15 is 0 Å². The fourth-order valence-corrected chi connectivity index (χ4v) is 3.12. The smallest absolute Gasteiger partial charge is 0.423 e. The summed E-state index contributed by atoms with van der Waals surface area (Å²) in [6, 6.07) is 11.4. The molecule has 1 aliphatic heterocycles. The van der Waals surface area contributed by atoms with Gasteiger partial charge in [-0.25, -0.2) is 8.42 Å². The van der Waals surface area contributed by atoms with E-state index in [1.54, 1.807) is 24.3 Å². The van der Waals surface area contributed by atoms with Crippen molar-refractivity contribution < 1.29 is 23.2 Å². The standard InChI is InChI=1S/C15H15BO5S/c1-22(19,20)13-6-4-10(5-7-13)15(17)11-2-3-12-9-21-16(18)14(12)8-11/h2-8,15,17-18H,9H2,1H3. The van der Waals surface area contributed by atoms with Gasteiger partial charge in [-0.15, -0.1) is 0 Å². The minimum Gasteiger partial charge on any atom is -0.423 e. The molecule has 0 aromatic heterocycles. The van der Waals surface area contributed by atoms with Crippen LogP contribution in [0, 0.1) is 0 Å². The minimum absolute atomic E-state index is 0.209. The number of rotatable bonds is 3. The molecule has 1 atom stereocenters. The average molecular weight is 318 g/mol. The van der Waals surface area contributed by atoms with Crippen LogP contribution in [0.2, 0.25) is 0 Å². The van der Waals surface area contributed by atoms with Crippen LogP contribution in [0.1, 0.15) is 22.8 Å². The van der Waals surface area contributed by atoms with Crippen LogP contribution in [0.15, 0.2) is 47.4 Å². The zero-order valence-electron chi connectivity index (χ0n) is 11.9. The van der Waals surface area contributed by atoms with Crippen LogP contribution in [-0.2, 0) is 21.1 Å². The molecule has 0 saturated carbocycles. The Kier molecular flexibility index (Phi) is 3.82. The van der Waals surface area contributed by atoms with Crippen molar-refractivity contribution >= 4 is 22.4 Å². The monoisotopic (exact) mass is 318 g/mol. The van der Waals surface area contributed by atoms with Gasteiger partial charge in [-0.2, -0.15) is 0 Å². The molecule has 114 valence electrons. The third-order valence-corrected chi connectivity index (χ3v) is 4.90. The van der Waals surface area contributed by atoms with Crippen molar-refractivity contribution in [2.45, 2.75) is 17.6 Å². The van der Waals surface area contributed by atoms with Crippen molar-refractivity contribution in [1.29, 1.82) is 0 Å². The fraction of sp³-hybridized carbons (Fsp3) is 0.200. The second kappa shape index (κ2) is 5.51. The van der Waals surface area contributed by atoms with E-state index in [-0.39, 0.29) is 4.90 Å². The summed E-state index contributed by atoms with van der Waals surface area (Å²) in [7, 11) is -4.22. The van der Waals surface area contributed by atoms with Crippen molar-refractivity contribution in [3.05, 3.63) is 59.2 Å². The lowest BCUT2D eigenvalue weighted by Gasteiger charge is -2.13. The lowest BCUT2D eigenvalue weighted by molar-refractivity contribution is 0.220. The molecule has 0 aliphatic carbocycles. The van der Waals surface area contributed by atoms with E-state index in [2.05, 4.69) is 0 Å². The third kappa shape index (κ3) is 2.80. The number of fused-ring (bicyclic) bond motifs is 1. The van der Waals surface area contributed by atoms with E-state index in [0.717, 1.165) is 11.8 Å². The number of hydrogen-bond donors (Lipinski definition) is 2. The minimum atomic E-state index is -3.26. The van der Waals surface area contributed by atoms with Crippen molar-refractivity contribution in [3.8, 4) is 0 Å². The molecular formula is C15H15BO5S. The van der Waals surface area contributed by atoms with Gasteiger partial charge in [0, 0.05) is 6.26 Å². The summed E-state index contributed by atoms with van der Waals surface area (Å²) >= 11 is 0. The zero-order chi connectivity index (χ0) is 15.9. The van der Waals surface area contributed by atoms with Gasteiger partial charge in [0.2, 0.25) is 0 Å². The second-order valence-electron chi connectivity index (χ2n) is 5.37. The van der Waals surface area contributed by atoms with Crippen LogP contribution in [0.4, 0.5) is 0 Å². The van der Waals surface area contributed by atoms with Crippen LogP contribution in [0.5, 0.6) is 0 Å². The van der Waals surface area contributed by atoms with Crippen LogP contribution >= 0.6 is 0 Å². The highest BCUT2D eigenvalue weighted by Crippen LogP contribution is 2.24. The highest BCUT2D eigenvalue weighted by molar-refractivity contribution is 7.90. The van der Waals surface area contributed by atoms with Crippen molar-refractivity contribution in [3.63, 3.8) is 0 Å². The number of aliphatic hydroxyl groups is 1. The first-order chi connectivity index (χ1) is 10.4. The highest BCUT2D eigenvalue weighted by Gasteiger charge is 2.28. The lowest BCUT2D eigenvalue weighted by Crippen LogP contribution is -2.28. The second-order valence-corrected chi connectivity index (χ2v) is 7.38. The van der Waals surface area contributed by atoms with Crippen LogP contribution < -0.4 is 5.46 Å². The summed E-state index contributed by atoms with van der Waals surface area (Å²) in [5.41, 5.74) is 2.76. The fourth-order valence-electron chi connectivity index (χ4n) is 2.49. The van der Waals surface area contributed by atoms with Crippen LogP contribution in [-0.4, -0.2) is 31.9 Å². The maximum Gasteiger partial charge on any atom is 0.491 e. The van der Waals surface area contributed by atoms with Crippen LogP contribution in [0.3, 0.4) is 0 Å². The molecule has 0 spiro atoms. The lowest BCUT2D eigenvalue weighted by atomic mass is 9.78. The molecule has 1 unspecified atom stereocenters. The van der Waals surface area contributed by atoms with Gasteiger partial charge in [-0.1, -0.05) is 30.3 Å². The van der Waals surface area contributed by atoms with Crippen LogP contribution in [0.25, 0.3) is 0 Å². The first-order valence-electron chi connectivity index (χ1n) is 6.77. The molecule has 2 N–H and O–H groups in total. The van der Waals surface area contributed by atoms with E-state index in [1.165, 1.54) is 12.1 Å². The molecule has 5 nitrogen and oxygen atoms in total. The third-order valence-electron chi connectivity index (χ3n) is 3.77. The summed E-state index contributed by atoms with van der Waals surface area (Å²) < 4.78 is 28.0. The zero-order valence-corrected chi connectivity index (χ0v) is 12.7. The Morgan fingerprint density at radius 1 is 1.14 bits per heavy atom. The van der Waals surface area contributed by atoms with Crippen molar-refractivity contribution in [2.75, 3.05) is 6.26 Å². The van der Waals surface area contributed by atoms with E-state index < -0.39 is 23.1 Å². The summed E-state index contributed by atoms with van der Waals surface area (Å²) in [4.78, 5) is 0.209. The molecule has 0 saturated heterocycles. The maximum atomic E-state index is 11.4. The predicted molar refractivity (Wildman–Crippen MR) is 82.5 cm³/mol. The first kappa shape index (κ1) is 15.2. The summed E-state index contributed by atoms with van der Waals surface area (Å²) in [6.45, 7) is 0.357. The Morgan fingerprint density at radius 3 is 2.41 bits per heavy atom. The summed E-state index contributed by atoms with van der Waals surface area (Å²) in [5, 5.41) is 20.1. The number of sulfone groups is 1. The van der Waals surface area contributed by atoms with Gasteiger partial charge in [0.05, 0.1) is 11.5 Å². The van der Waals surface area contributed by atoms with E-state index in [0.29, 0.717) is 23.2 Å². The van der Waals surface area contributed by atoms with Crippen molar-refractivity contribution in [1.82, 2.24) is 0 Å². The van der Waals surface area contributed by atoms with Gasteiger partial charge < -0.3 is 14.8 Å². The molecule has 1 heterocycles. The van der Waals surface area contributed by atoms with Gasteiger partial charge >= 0.3 is 7.12 Å². The molecule has 2 aromatic carbocycles. The molecule has 22 heavy (non-hydrogen) atoms. The topological polar surface area (TPSA) is 83.8 Å². The maximum absolute atomic E-state index is 11.4. The number of aliphatic hydroxyl groups excluding tert-OH is 1. The molecule has 2 aromatic rings. The Morgan fingerprint density at radius 2 is 1.77 bits per heavy atom. The normalized spacial score (nSPS) is 15.7. The molecule has 0 fully saturated rings. The van der Waals surface area contributed by atoms with Gasteiger partial charge in [0.1, 0.15) is 6.10 Å². The molecule has 3 rings (SSSR count). The first-order valence-corrected chi connectivity index (χ1v) is 8.66. The van der Waals surface area contributed by atoms with Gasteiger partial charge in [0.15, 0.2) is 9.84 Å². The Hall–Kier alpha value is -1.67. The molecule has 0 amide bonds. The Bertz CT molecular complexity index is 801. The molecule has 1 aliphatic rings. The largest absolute Gasteiger partial charge is 0.491 e. The SMILES string of the molecule is CS(=O)(=O)c1ccc(C(O)c2ccc3c(c2)B(O)OC3)cc1.